The molecule has 3 heterocycles. The Morgan fingerprint density at radius 3 is 2.73 bits per heavy atom. The summed E-state index contributed by atoms with van der Waals surface area (Å²) in [5.41, 5.74) is 2.35. The van der Waals surface area contributed by atoms with Crippen LogP contribution in [0.1, 0.15) is 42.5 Å². The number of nitrogens with one attached hydrogen (secondary N) is 1. The van der Waals surface area contributed by atoms with Crippen LogP contribution in [0.25, 0.3) is 11.0 Å². The topological polar surface area (TPSA) is 58.2 Å². The second kappa shape index (κ2) is 5.72. The fourth-order valence-corrected chi connectivity index (χ4v) is 3.26. The van der Waals surface area contributed by atoms with Gasteiger partial charge in [0.1, 0.15) is 5.52 Å². The van der Waals surface area contributed by atoms with E-state index in [9.17, 15) is 4.79 Å². The molecule has 1 saturated carbocycles. The minimum absolute atomic E-state index is 0.0760. The highest BCUT2D eigenvalue weighted by atomic mass is 16.5. The van der Waals surface area contributed by atoms with Crippen molar-refractivity contribution in [2.24, 2.45) is 0 Å². The zero-order valence-electron chi connectivity index (χ0n) is 12.6. The summed E-state index contributed by atoms with van der Waals surface area (Å²) in [6.45, 7) is 1.55. The standard InChI is InChI=1S/C17H21N3O2/c21-17(14-11-19-15-5-2-8-18-16(14)15)20-9-6-13(7-10-20)22-12-3-1-4-12/h2,5,8,11-13,19H,1,3-4,6-7,9-10H2. The maximum absolute atomic E-state index is 12.7. The Bertz CT molecular complexity index is 669. The van der Waals surface area contributed by atoms with E-state index in [1.807, 2.05) is 17.0 Å². The summed E-state index contributed by atoms with van der Waals surface area (Å²) >= 11 is 0. The molecule has 2 fully saturated rings. The van der Waals surface area contributed by atoms with Crippen LogP contribution >= 0.6 is 0 Å². The van der Waals surface area contributed by atoms with E-state index in [1.165, 1.54) is 19.3 Å². The van der Waals surface area contributed by atoms with E-state index in [0.29, 0.717) is 17.8 Å². The van der Waals surface area contributed by atoms with Gasteiger partial charge in [0, 0.05) is 25.5 Å². The maximum atomic E-state index is 12.7. The molecule has 5 heteroatoms. The van der Waals surface area contributed by atoms with Crippen molar-refractivity contribution in [3.05, 3.63) is 30.1 Å². The monoisotopic (exact) mass is 299 g/mol. The first-order chi connectivity index (χ1) is 10.8. The van der Waals surface area contributed by atoms with Crippen LogP contribution in [0.5, 0.6) is 0 Å². The van der Waals surface area contributed by atoms with Crippen molar-refractivity contribution in [3.8, 4) is 0 Å². The van der Waals surface area contributed by atoms with Crippen molar-refractivity contribution in [3.63, 3.8) is 0 Å². The first-order valence-corrected chi connectivity index (χ1v) is 8.18. The molecule has 5 nitrogen and oxygen atoms in total. The molecule has 2 aliphatic rings. The summed E-state index contributed by atoms with van der Waals surface area (Å²) < 4.78 is 6.06. The summed E-state index contributed by atoms with van der Waals surface area (Å²) in [5, 5.41) is 0. The molecule has 1 saturated heterocycles. The molecule has 4 rings (SSSR count). The van der Waals surface area contributed by atoms with Crippen molar-refractivity contribution in [2.45, 2.75) is 44.3 Å². The normalized spacial score (nSPS) is 20.3. The van der Waals surface area contributed by atoms with Crippen LogP contribution in [0.2, 0.25) is 0 Å². The number of ether oxygens (including phenoxy) is 1. The minimum Gasteiger partial charge on any atom is -0.375 e. The van der Waals surface area contributed by atoms with E-state index in [4.69, 9.17) is 4.74 Å². The third-order valence-corrected chi connectivity index (χ3v) is 4.83. The Hall–Kier alpha value is -1.88. The Labute approximate surface area is 129 Å². The summed E-state index contributed by atoms with van der Waals surface area (Å²) in [6.07, 6.45) is 9.91. The molecular weight excluding hydrogens is 278 g/mol. The summed E-state index contributed by atoms with van der Waals surface area (Å²) in [5.74, 6) is 0.0760. The van der Waals surface area contributed by atoms with Crippen LogP contribution in [0.3, 0.4) is 0 Å². The van der Waals surface area contributed by atoms with E-state index in [2.05, 4.69) is 9.97 Å². The summed E-state index contributed by atoms with van der Waals surface area (Å²) in [6, 6.07) is 3.81. The zero-order valence-corrected chi connectivity index (χ0v) is 12.6. The largest absolute Gasteiger partial charge is 0.375 e. The SMILES string of the molecule is O=C(c1c[nH]c2cccnc12)N1CCC(OC2CCC2)CC1. The number of fused-ring (bicyclic) bond motifs is 1. The predicted octanol–water partition coefficient (Wildman–Crippen LogP) is 2.74. The van der Waals surface area contributed by atoms with Gasteiger partial charge in [0.2, 0.25) is 0 Å². The Kier molecular flexibility index (Phi) is 3.58. The van der Waals surface area contributed by atoms with Crippen LogP contribution in [0, 0.1) is 0 Å². The van der Waals surface area contributed by atoms with Crippen LogP contribution in [-0.4, -0.2) is 46.1 Å². The second-order valence-electron chi connectivity index (χ2n) is 6.28. The first-order valence-electron chi connectivity index (χ1n) is 8.18. The number of rotatable bonds is 3. The van der Waals surface area contributed by atoms with Crippen LogP contribution in [0.15, 0.2) is 24.5 Å². The van der Waals surface area contributed by atoms with E-state index >= 15 is 0 Å². The fraction of sp³-hybridized carbons (Fsp3) is 0.529. The Morgan fingerprint density at radius 2 is 2.00 bits per heavy atom. The van der Waals surface area contributed by atoms with Gasteiger partial charge in [0.05, 0.1) is 23.3 Å². The van der Waals surface area contributed by atoms with Crippen molar-refractivity contribution in [1.29, 1.82) is 0 Å². The molecule has 0 bridgehead atoms. The van der Waals surface area contributed by atoms with Crippen molar-refractivity contribution >= 4 is 16.9 Å². The number of amides is 1. The highest BCUT2D eigenvalue weighted by Gasteiger charge is 2.28. The zero-order chi connectivity index (χ0) is 14.9. The lowest BCUT2D eigenvalue weighted by atomic mass is 9.95. The Balaban J connectivity index is 1.41. The number of nitrogens with zero attached hydrogens (tertiary/aromatic N) is 2. The number of carbonyl (C=O) groups is 1. The minimum atomic E-state index is 0.0760. The average Bonchev–Trinajstić information content (AvgIpc) is 2.95. The molecule has 22 heavy (non-hydrogen) atoms. The van der Waals surface area contributed by atoms with Crippen LogP contribution in [-0.2, 0) is 4.74 Å². The van der Waals surface area contributed by atoms with E-state index in [-0.39, 0.29) is 5.91 Å². The summed E-state index contributed by atoms with van der Waals surface area (Å²) in [4.78, 5) is 22.1. The number of H-pyrrole nitrogens is 1. The van der Waals surface area contributed by atoms with Gasteiger partial charge < -0.3 is 14.6 Å². The van der Waals surface area contributed by atoms with Gasteiger partial charge in [0.15, 0.2) is 0 Å². The molecule has 1 N–H and O–H groups in total. The molecule has 0 atom stereocenters. The Morgan fingerprint density at radius 1 is 1.23 bits per heavy atom. The number of carbonyl (C=O) groups excluding carboxylic acids is 1. The number of piperidine rings is 1. The van der Waals surface area contributed by atoms with Gasteiger partial charge in [-0.2, -0.15) is 0 Å². The first kappa shape index (κ1) is 13.8. The second-order valence-corrected chi connectivity index (χ2v) is 6.28. The summed E-state index contributed by atoms with van der Waals surface area (Å²) in [7, 11) is 0. The molecule has 0 unspecified atom stereocenters. The lowest BCUT2D eigenvalue weighted by molar-refractivity contribution is -0.0705. The molecule has 2 aromatic rings. The van der Waals surface area contributed by atoms with E-state index < -0.39 is 0 Å². The van der Waals surface area contributed by atoms with Crippen molar-refractivity contribution < 1.29 is 9.53 Å². The molecule has 2 aromatic heterocycles. The molecule has 116 valence electrons. The van der Waals surface area contributed by atoms with Gasteiger partial charge in [-0.05, 0) is 44.2 Å². The molecular formula is C17H21N3O2. The van der Waals surface area contributed by atoms with E-state index in [0.717, 1.165) is 37.0 Å². The predicted molar refractivity (Wildman–Crippen MR) is 83.7 cm³/mol. The third kappa shape index (κ3) is 2.50. The average molecular weight is 299 g/mol. The van der Waals surface area contributed by atoms with Gasteiger partial charge in [-0.15, -0.1) is 0 Å². The molecule has 0 spiro atoms. The number of hydrogen-bond donors (Lipinski definition) is 1. The van der Waals surface area contributed by atoms with Crippen molar-refractivity contribution in [1.82, 2.24) is 14.9 Å². The molecule has 1 amide bonds. The highest BCUT2D eigenvalue weighted by Crippen LogP contribution is 2.27. The molecule has 1 aliphatic carbocycles. The number of aromatic nitrogens is 2. The quantitative estimate of drug-likeness (QED) is 0.948. The molecule has 1 aliphatic heterocycles. The van der Waals surface area contributed by atoms with Gasteiger partial charge in [0.25, 0.3) is 5.91 Å². The van der Waals surface area contributed by atoms with Gasteiger partial charge >= 0.3 is 0 Å². The number of pyridine rings is 1. The lowest BCUT2D eigenvalue weighted by Crippen LogP contribution is -2.42. The number of aromatic amines is 1. The lowest BCUT2D eigenvalue weighted by Gasteiger charge is -2.36. The molecule has 0 radical (unpaired) electrons. The third-order valence-electron chi connectivity index (χ3n) is 4.83. The van der Waals surface area contributed by atoms with Gasteiger partial charge in [-0.3, -0.25) is 9.78 Å². The maximum Gasteiger partial charge on any atom is 0.257 e. The molecule has 0 aromatic carbocycles. The highest BCUT2D eigenvalue weighted by molar-refractivity contribution is 6.05. The van der Waals surface area contributed by atoms with Gasteiger partial charge in [-0.25, -0.2) is 0 Å². The number of likely N-dealkylation sites (tertiary alicyclic amines) is 1. The fourth-order valence-electron chi connectivity index (χ4n) is 3.26. The van der Waals surface area contributed by atoms with Crippen LogP contribution < -0.4 is 0 Å². The number of hydrogen-bond acceptors (Lipinski definition) is 3. The van der Waals surface area contributed by atoms with Crippen LogP contribution in [0.4, 0.5) is 0 Å². The van der Waals surface area contributed by atoms with E-state index in [1.54, 1.807) is 12.4 Å². The van der Waals surface area contributed by atoms with Crippen molar-refractivity contribution in [2.75, 3.05) is 13.1 Å². The smallest absolute Gasteiger partial charge is 0.257 e. The van der Waals surface area contributed by atoms with Gasteiger partial charge in [-0.1, -0.05) is 0 Å².